The van der Waals surface area contributed by atoms with Crippen LogP contribution in [0, 0.1) is 18.4 Å². The molecule has 0 saturated heterocycles. The molecule has 0 aliphatic carbocycles. The van der Waals surface area contributed by atoms with Crippen molar-refractivity contribution in [3.05, 3.63) is 58.6 Å². The molecular formula is C14H11BrN2OS. The van der Waals surface area contributed by atoms with E-state index in [4.69, 9.17) is 5.26 Å². The van der Waals surface area contributed by atoms with E-state index in [0.717, 1.165) is 10.0 Å². The normalized spacial score (nSPS) is 13.3. The van der Waals surface area contributed by atoms with Gasteiger partial charge >= 0.3 is 0 Å². The molecule has 5 heteroatoms. The van der Waals surface area contributed by atoms with E-state index in [1.807, 2.05) is 19.1 Å². The fourth-order valence-electron chi connectivity index (χ4n) is 1.77. The predicted octanol–water partition coefficient (Wildman–Crippen LogP) is 4.12. The Morgan fingerprint density at radius 1 is 1.16 bits per heavy atom. The van der Waals surface area contributed by atoms with Gasteiger partial charge in [0.2, 0.25) is 6.19 Å². The van der Waals surface area contributed by atoms with Crippen LogP contribution in [0.2, 0.25) is 0 Å². The minimum atomic E-state index is -2.90. The number of benzene rings is 2. The zero-order chi connectivity index (χ0) is 13.9. The highest BCUT2D eigenvalue weighted by Gasteiger charge is 2.17. The van der Waals surface area contributed by atoms with Crippen LogP contribution in [0.4, 0.5) is 0 Å². The first-order valence-corrected chi connectivity index (χ1v) is 7.85. The number of halogens is 1. The van der Waals surface area contributed by atoms with Crippen molar-refractivity contribution in [1.82, 2.24) is 0 Å². The summed E-state index contributed by atoms with van der Waals surface area (Å²) < 4.78 is 17.7. The van der Waals surface area contributed by atoms with Gasteiger partial charge in [0.05, 0.1) is 9.79 Å². The minimum absolute atomic E-state index is 0.534. The highest BCUT2D eigenvalue weighted by Crippen LogP contribution is 2.27. The average Bonchev–Trinajstić information content (AvgIpc) is 2.40. The van der Waals surface area contributed by atoms with Crippen molar-refractivity contribution >= 4 is 25.7 Å². The molecule has 19 heavy (non-hydrogen) atoms. The van der Waals surface area contributed by atoms with Crippen LogP contribution in [0.3, 0.4) is 0 Å². The van der Waals surface area contributed by atoms with Crippen molar-refractivity contribution in [3.63, 3.8) is 0 Å². The summed E-state index contributed by atoms with van der Waals surface area (Å²) in [5.74, 6) is 0. The van der Waals surface area contributed by atoms with Crippen LogP contribution in [0.1, 0.15) is 5.56 Å². The number of rotatable bonds is 2. The monoisotopic (exact) mass is 334 g/mol. The predicted molar refractivity (Wildman–Crippen MR) is 78.0 cm³/mol. The molecule has 0 radical (unpaired) electrons. The van der Waals surface area contributed by atoms with Crippen molar-refractivity contribution < 1.29 is 4.21 Å². The third-order valence-electron chi connectivity index (χ3n) is 2.69. The molecule has 2 rings (SSSR count). The van der Waals surface area contributed by atoms with Crippen LogP contribution in [0.15, 0.2) is 67.2 Å². The summed E-state index contributed by atoms with van der Waals surface area (Å²) in [7, 11) is -2.90. The lowest BCUT2D eigenvalue weighted by atomic mass is 10.2. The SMILES string of the molecule is Cc1ccccc1S(=O)(=NC#N)c1ccc(Br)cc1. The Labute approximate surface area is 121 Å². The maximum Gasteiger partial charge on any atom is 0.215 e. The Balaban J connectivity index is 2.75. The Morgan fingerprint density at radius 3 is 2.37 bits per heavy atom. The second-order valence-electron chi connectivity index (χ2n) is 3.94. The molecule has 0 aliphatic heterocycles. The molecule has 0 heterocycles. The Bertz CT molecular complexity index is 754. The molecule has 2 aromatic rings. The summed E-state index contributed by atoms with van der Waals surface area (Å²) in [6.45, 7) is 1.86. The molecule has 1 atom stereocenters. The van der Waals surface area contributed by atoms with Gasteiger partial charge in [-0.25, -0.2) is 4.21 Å². The minimum Gasteiger partial charge on any atom is -0.239 e. The Morgan fingerprint density at radius 2 is 1.79 bits per heavy atom. The van der Waals surface area contributed by atoms with Crippen LogP contribution in [-0.4, -0.2) is 4.21 Å². The molecule has 0 aromatic heterocycles. The van der Waals surface area contributed by atoms with Gasteiger partial charge in [-0.05, 0) is 42.8 Å². The summed E-state index contributed by atoms with van der Waals surface area (Å²) >= 11 is 3.33. The van der Waals surface area contributed by atoms with E-state index in [9.17, 15) is 4.21 Å². The quantitative estimate of drug-likeness (QED) is 0.775. The lowest BCUT2D eigenvalue weighted by Gasteiger charge is -2.11. The number of aryl methyl sites for hydroxylation is 1. The lowest BCUT2D eigenvalue weighted by molar-refractivity contribution is 0.676. The second kappa shape index (κ2) is 5.55. The van der Waals surface area contributed by atoms with E-state index in [1.54, 1.807) is 42.6 Å². The van der Waals surface area contributed by atoms with Gasteiger partial charge in [0.25, 0.3) is 0 Å². The largest absolute Gasteiger partial charge is 0.239 e. The van der Waals surface area contributed by atoms with E-state index in [2.05, 4.69) is 20.3 Å². The average molecular weight is 335 g/mol. The molecule has 2 aromatic carbocycles. The van der Waals surface area contributed by atoms with Crippen molar-refractivity contribution in [2.24, 2.45) is 4.36 Å². The van der Waals surface area contributed by atoms with Crippen LogP contribution in [0.5, 0.6) is 0 Å². The number of nitrogens with zero attached hydrogens (tertiary/aromatic N) is 2. The van der Waals surface area contributed by atoms with Crippen molar-refractivity contribution in [3.8, 4) is 6.19 Å². The van der Waals surface area contributed by atoms with Gasteiger partial charge in [-0.3, -0.25) is 0 Å². The molecule has 1 unspecified atom stereocenters. The van der Waals surface area contributed by atoms with Gasteiger partial charge in [0.1, 0.15) is 9.73 Å². The number of hydrogen-bond donors (Lipinski definition) is 0. The molecular weight excluding hydrogens is 324 g/mol. The van der Waals surface area contributed by atoms with E-state index in [1.165, 1.54) is 0 Å². The van der Waals surface area contributed by atoms with Crippen LogP contribution in [0.25, 0.3) is 0 Å². The summed E-state index contributed by atoms with van der Waals surface area (Å²) in [4.78, 5) is 1.12. The molecule has 96 valence electrons. The third kappa shape index (κ3) is 2.70. The van der Waals surface area contributed by atoms with Crippen LogP contribution < -0.4 is 0 Å². The Kier molecular flexibility index (Phi) is 4.03. The zero-order valence-electron chi connectivity index (χ0n) is 10.2. The lowest BCUT2D eigenvalue weighted by Crippen LogP contribution is -2.03. The molecule has 0 amide bonds. The molecule has 0 aliphatic rings. The topological polar surface area (TPSA) is 53.2 Å². The van der Waals surface area contributed by atoms with Gasteiger partial charge in [-0.2, -0.15) is 5.26 Å². The van der Waals surface area contributed by atoms with E-state index < -0.39 is 9.73 Å². The highest BCUT2D eigenvalue weighted by molar-refractivity contribution is 9.10. The highest BCUT2D eigenvalue weighted by atomic mass is 79.9. The molecule has 3 nitrogen and oxygen atoms in total. The number of nitriles is 1. The summed E-state index contributed by atoms with van der Waals surface area (Å²) in [6.07, 6.45) is 1.68. The number of hydrogen-bond acceptors (Lipinski definition) is 3. The first-order chi connectivity index (χ1) is 9.08. The maximum atomic E-state index is 13.1. The van der Waals surface area contributed by atoms with E-state index >= 15 is 0 Å². The van der Waals surface area contributed by atoms with E-state index in [0.29, 0.717) is 9.79 Å². The third-order valence-corrected chi connectivity index (χ3v) is 5.53. The molecule has 0 N–H and O–H groups in total. The standard InChI is InChI=1S/C14H11BrN2OS/c1-11-4-2-3-5-14(11)19(18,17-10-16)13-8-6-12(15)7-9-13/h2-9H,1H3. The zero-order valence-corrected chi connectivity index (χ0v) is 12.6. The first kappa shape index (κ1) is 13.8. The summed E-state index contributed by atoms with van der Waals surface area (Å²) in [5, 5.41) is 8.86. The van der Waals surface area contributed by atoms with E-state index in [-0.39, 0.29) is 0 Å². The fraction of sp³-hybridized carbons (Fsp3) is 0.0714. The van der Waals surface area contributed by atoms with Crippen molar-refractivity contribution in [1.29, 1.82) is 5.26 Å². The van der Waals surface area contributed by atoms with Gasteiger partial charge in [0.15, 0.2) is 0 Å². The first-order valence-electron chi connectivity index (χ1n) is 5.54. The van der Waals surface area contributed by atoms with Gasteiger partial charge < -0.3 is 0 Å². The second-order valence-corrected chi connectivity index (χ2v) is 7.00. The van der Waals surface area contributed by atoms with Crippen molar-refractivity contribution in [2.75, 3.05) is 0 Å². The summed E-state index contributed by atoms with van der Waals surface area (Å²) in [5.41, 5.74) is 0.856. The van der Waals surface area contributed by atoms with Gasteiger partial charge in [-0.1, -0.05) is 34.1 Å². The van der Waals surface area contributed by atoms with Crippen LogP contribution in [-0.2, 0) is 9.73 Å². The molecule has 0 fully saturated rings. The maximum absolute atomic E-state index is 13.1. The molecule has 0 spiro atoms. The fourth-order valence-corrected chi connectivity index (χ4v) is 3.88. The Hall–Kier alpha value is -1.64. The van der Waals surface area contributed by atoms with Gasteiger partial charge in [-0.15, -0.1) is 4.36 Å². The van der Waals surface area contributed by atoms with Crippen LogP contribution >= 0.6 is 15.9 Å². The van der Waals surface area contributed by atoms with Crippen molar-refractivity contribution in [2.45, 2.75) is 16.7 Å². The summed E-state index contributed by atoms with van der Waals surface area (Å²) in [6, 6.07) is 14.3. The molecule has 0 saturated carbocycles. The molecule has 0 bridgehead atoms. The smallest absolute Gasteiger partial charge is 0.215 e. The van der Waals surface area contributed by atoms with Gasteiger partial charge in [0, 0.05) is 4.47 Å².